The van der Waals surface area contributed by atoms with Crippen LogP contribution in [-0.2, 0) is 4.79 Å². The van der Waals surface area contributed by atoms with Crippen LogP contribution in [-0.4, -0.2) is 32.7 Å². The second kappa shape index (κ2) is 12.9. The minimum atomic E-state index is -0.0517. The number of carbonyl (C=O) groups is 1. The number of hydrogen-bond acceptors (Lipinski definition) is 4. The fourth-order valence-corrected chi connectivity index (χ4v) is 3.38. The second-order valence-electron chi connectivity index (χ2n) is 7.96. The zero-order valence-electron chi connectivity index (χ0n) is 17.8. The first-order chi connectivity index (χ1) is 13.0. The quantitative estimate of drug-likeness (QED) is 0.594. The lowest BCUT2D eigenvalue weighted by molar-refractivity contribution is -0.122. The van der Waals surface area contributed by atoms with E-state index in [2.05, 4.69) is 24.5 Å². The lowest BCUT2D eigenvalue weighted by Gasteiger charge is -2.22. The lowest BCUT2D eigenvalue weighted by atomic mass is 9.93. The molecule has 1 unspecified atom stereocenters. The summed E-state index contributed by atoms with van der Waals surface area (Å²) in [6.07, 6.45) is 4.94. The number of nitrogens with one attached hydrogen (secondary N) is 2. The Morgan fingerprint density at radius 1 is 1.21 bits per heavy atom. The van der Waals surface area contributed by atoms with E-state index in [-0.39, 0.29) is 24.4 Å². The fourth-order valence-electron chi connectivity index (χ4n) is 3.38. The number of halogens is 1. The van der Waals surface area contributed by atoms with E-state index < -0.39 is 0 Å². The van der Waals surface area contributed by atoms with E-state index in [4.69, 9.17) is 9.47 Å². The third kappa shape index (κ3) is 8.27. The van der Waals surface area contributed by atoms with E-state index in [9.17, 15) is 4.79 Å². The minimum absolute atomic E-state index is 0. The summed E-state index contributed by atoms with van der Waals surface area (Å²) in [7, 11) is 1.65. The van der Waals surface area contributed by atoms with Gasteiger partial charge < -0.3 is 20.1 Å². The van der Waals surface area contributed by atoms with E-state index >= 15 is 0 Å². The fraction of sp³-hybridized carbons (Fsp3) is 0.682. The van der Waals surface area contributed by atoms with Crippen molar-refractivity contribution in [2.24, 2.45) is 11.8 Å². The van der Waals surface area contributed by atoms with E-state index in [1.165, 1.54) is 12.8 Å². The first-order valence-electron chi connectivity index (χ1n) is 10.3. The Bertz CT molecular complexity index is 589. The normalized spacial score (nSPS) is 15.6. The molecule has 28 heavy (non-hydrogen) atoms. The van der Waals surface area contributed by atoms with Crippen molar-refractivity contribution >= 4 is 18.3 Å². The summed E-state index contributed by atoms with van der Waals surface area (Å²) < 4.78 is 11.3. The van der Waals surface area contributed by atoms with Gasteiger partial charge in [-0.2, -0.15) is 0 Å². The minimum Gasteiger partial charge on any atom is -0.493 e. The van der Waals surface area contributed by atoms with Crippen molar-refractivity contribution in [2.45, 2.75) is 58.9 Å². The summed E-state index contributed by atoms with van der Waals surface area (Å²) in [6.45, 7) is 9.20. The highest BCUT2D eigenvalue weighted by Crippen LogP contribution is 2.30. The van der Waals surface area contributed by atoms with Gasteiger partial charge in [0.15, 0.2) is 11.5 Å². The number of piperidine rings is 1. The molecule has 0 spiro atoms. The molecule has 1 aromatic rings. The first-order valence-corrected chi connectivity index (χ1v) is 10.3. The molecule has 1 heterocycles. The van der Waals surface area contributed by atoms with Crippen LogP contribution in [0.5, 0.6) is 11.5 Å². The summed E-state index contributed by atoms with van der Waals surface area (Å²) >= 11 is 0. The van der Waals surface area contributed by atoms with E-state index in [0.717, 1.165) is 37.2 Å². The van der Waals surface area contributed by atoms with Gasteiger partial charge in [0.2, 0.25) is 5.91 Å². The van der Waals surface area contributed by atoms with Crippen LogP contribution >= 0.6 is 12.4 Å². The van der Waals surface area contributed by atoms with Gasteiger partial charge in [-0.3, -0.25) is 4.79 Å². The highest BCUT2D eigenvalue weighted by Gasteiger charge is 2.17. The average Bonchev–Trinajstić information content (AvgIpc) is 2.67. The Labute approximate surface area is 176 Å². The molecule has 0 aliphatic carbocycles. The first kappa shape index (κ1) is 24.6. The van der Waals surface area contributed by atoms with Crippen molar-refractivity contribution in [2.75, 3.05) is 26.8 Å². The number of amides is 1. The summed E-state index contributed by atoms with van der Waals surface area (Å²) in [5.41, 5.74) is 1.03. The summed E-state index contributed by atoms with van der Waals surface area (Å²) in [5, 5.41) is 6.48. The maximum Gasteiger partial charge on any atom is 0.220 e. The number of benzene rings is 1. The van der Waals surface area contributed by atoms with E-state index in [1.54, 1.807) is 7.11 Å². The molecule has 160 valence electrons. The molecule has 1 aliphatic heterocycles. The molecule has 0 bridgehead atoms. The Morgan fingerprint density at radius 2 is 1.93 bits per heavy atom. The van der Waals surface area contributed by atoms with Crippen molar-refractivity contribution in [3.63, 3.8) is 0 Å². The van der Waals surface area contributed by atoms with Gasteiger partial charge in [-0.1, -0.05) is 19.9 Å². The van der Waals surface area contributed by atoms with Crippen LogP contribution in [0.4, 0.5) is 0 Å². The number of hydrogen-bond donors (Lipinski definition) is 2. The Morgan fingerprint density at radius 3 is 2.57 bits per heavy atom. The molecule has 0 saturated carbocycles. The van der Waals surface area contributed by atoms with Crippen molar-refractivity contribution in [1.82, 2.24) is 10.6 Å². The van der Waals surface area contributed by atoms with E-state index in [1.807, 2.05) is 25.1 Å². The van der Waals surface area contributed by atoms with Gasteiger partial charge in [-0.25, -0.2) is 0 Å². The largest absolute Gasteiger partial charge is 0.493 e. The van der Waals surface area contributed by atoms with Gasteiger partial charge in [0.05, 0.1) is 19.8 Å². The van der Waals surface area contributed by atoms with Crippen molar-refractivity contribution < 1.29 is 14.3 Å². The van der Waals surface area contributed by atoms with Crippen LogP contribution in [0, 0.1) is 11.8 Å². The number of carbonyl (C=O) groups excluding carboxylic acids is 1. The average molecular weight is 413 g/mol. The van der Waals surface area contributed by atoms with Crippen molar-refractivity contribution in [3.8, 4) is 11.5 Å². The highest BCUT2D eigenvalue weighted by molar-refractivity contribution is 5.85. The maximum atomic E-state index is 12.3. The predicted molar refractivity (Wildman–Crippen MR) is 117 cm³/mol. The second-order valence-corrected chi connectivity index (χ2v) is 7.96. The maximum absolute atomic E-state index is 12.3. The summed E-state index contributed by atoms with van der Waals surface area (Å²) in [6, 6.07) is 5.85. The van der Waals surface area contributed by atoms with Crippen molar-refractivity contribution in [1.29, 1.82) is 0 Å². The Kier molecular flexibility index (Phi) is 11.3. The van der Waals surface area contributed by atoms with Gasteiger partial charge in [-0.05, 0) is 75.2 Å². The molecule has 2 N–H and O–H groups in total. The third-order valence-electron chi connectivity index (χ3n) is 5.26. The SMILES string of the molecule is COc1cc(C(C)NC(=O)CCC2CCNCC2)ccc1OCCC(C)C.Cl. The lowest BCUT2D eigenvalue weighted by Crippen LogP contribution is -2.30. The number of rotatable bonds is 10. The molecule has 5 nitrogen and oxygen atoms in total. The molecular formula is C22H37ClN2O3. The van der Waals surface area contributed by atoms with Gasteiger partial charge >= 0.3 is 0 Å². The van der Waals surface area contributed by atoms with Gasteiger partial charge in [0.1, 0.15) is 0 Å². The monoisotopic (exact) mass is 412 g/mol. The van der Waals surface area contributed by atoms with Crippen LogP contribution in [0.25, 0.3) is 0 Å². The van der Waals surface area contributed by atoms with Crippen LogP contribution in [0.2, 0.25) is 0 Å². The van der Waals surface area contributed by atoms with Gasteiger partial charge in [0.25, 0.3) is 0 Å². The molecule has 1 aliphatic rings. The molecule has 1 saturated heterocycles. The number of methoxy groups -OCH3 is 1. The zero-order valence-corrected chi connectivity index (χ0v) is 18.6. The molecule has 6 heteroatoms. The Balaban J connectivity index is 0.00000392. The molecule has 2 rings (SSSR count). The molecule has 1 amide bonds. The van der Waals surface area contributed by atoms with Crippen molar-refractivity contribution in [3.05, 3.63) is 23.8 Å². The molecule has 1 atom stereocenters. The topological polar surface area (TPSA) is 59.6 Å². The third-order valence-corrected chi connectivity index (χ3v) is 5.26. The summed E-state index contributed by atoms with van der Waals surface area (Å²) in [4.78, 5) is 12.3. The molecule has 1 fully saturated rings. The van der Waals surface area contributed by atoms with E-state index in [0.29, 0.717) is 30.6 Å². The van der Waals surface area contributed by atoms with Crippen LogP contribution in [0.1, 0.15) is 64.5 Å². The van der Waals surface area contributed by atoms with Crippen LogP contribution in [0.15, 0.2) is 18.2 Å². The zero-order chi connectivity index (χ0) is 19.6. The smallest absolute Gasteiger partial charge is 0.220 e. The highest BCUT2D eigenvalue weighted by atomic mass is 35.5. The molecular weight excluding hydrogens is 376 g/mol. The van der Waals surface area contributed by atoms with Crippen LogP contribution in [0.3, 0.4) is 0 Å². The predicted octanol–water partition coefficient (Wildman–Crippen LogP) is 4.50. The molecule has 1 aromatic carbocycles. The van der Waals surface area contributed by atoms with Gasteiger partial charge in [-0.15, -0.1) is 12.4 Å². The standard InChI is InChI=1S/C22H36N2O3.ClH/c1-16(2)11-14-27-20-7-6-19(15-21(20)26-4)17(3)24-22(25)8-5-18-9-12-23-13-10-18;/h6-7,15-18,23H,5,8-14H2,1-4H3,(H,24,25);1H. The van der Waals surface area contributed by atoms with Gasteiger partial charge in [0, 0.05) is 6.42 Å². The van der Waals surface area contributed by atoms with Crippen LogP contribution < -0.4 is 20.1 Å². The molecule has 0 radical (unpaired) electrons. The Hall–Kier alpha value is -1.46. The summed E-state index contributed by atoms with van der Waals surface area (Å²) in [5.74, 6) is 2.88. The molecule has 0 aromatic heterocycles. The number of ether oxygens (including phenoxy) is 2.